The fourth-order valence-corrected chi connectivity index (χ4v) is 3.64. The molecule has 2 aliphatic rings. The SMILES string of the molecule is CC(C)(C)OC(=O)N1CCC2(CC=C(c3ccc(Cl)cn3)CC2)C1. The van der Waals surface area contributed by atoms with Gasteiger partial charge in [-0.3, -0.25) is 4.98 Å². The van der Waals surface area contributed by atoms with Crippen LogP contribution < -0.4 is 0 Å². The Kier molecular flexibility index (Phi) is 4.60. The first-order valence-electron chi connectivity index (χ1n) is 8.55. The Balaban J connectivity index is 1.63. The standard InChI is InChI=1S/C19H25ClN2O2/c1-18(2,3)24-17(23)22-11-10-19(13-22)8-6-14(7-9-19)16-5-4-15(20)12-21-16/h4-6,12H,7-11,13H2,1-3H3. The lowest BCUT2D eigenvalue weighted by molar-refractivity contribution is 0.0270. The smallest absolute Gasteiger partial charge is 0.410 e. The highest BCUT2D eigenvalue weighted by Crippen LogP contribution is 2.45. The summed E-state index contributed by atoms with van der Waals surface area (Å²) in [5.41, 5.74) is 2.06. The Morgan fingerprint density at radius 1 is 1.33 bits per heavy atom. The minimum atomic E-state index is -0.438. The molecule has 0 radical (unpaired) electrons. The molecular formula is C19H25ClN2O2. The van der Waals surface area contributed by atoms with Crippen LogP contribution in [-0.4, -0.2) is 34.7 Å². The quantitative estimate of drug-likeness (QED) is 0.722. The van der Waals surface area contributed by atoms with E-state index in [-0.39, 0.29) is 11.5 Å². The van der Waals surface area contributed by atoms with Crippen LogP contribution in [0.3, 0.4) is 0 Å². The van der Waals surface area contributed by atoms with Gasteiger partial charge < -0.3 is 9.64 Å². The number of likely N-dealkylation sites (tertiary alicyclic amines) is 1. The second kappa shape index (κ2) is 6.40. The van der Waals surface area contributed by atoms with Gasteiger partial charge in [0.15, 0.2) is 0 Å². The highest BCUT2D eigenvalue weighted by atomic mass is 35.5. The summed E-state index contributed by atoms with van der Waals surface area (Å²) in [5.74, 6) is 0. The van der Waals surface area contributed by atoms with Gasteiger partial charge in [0.05, 0.1) is 10.7 Å². The van der Waals surface area contributed by atoms with E-state index in [1.54, 1.807) is 6.20 Å². The van der Waals surface area contributed by atoms with Gasteiger partial charge in [0, 0.05) is 19.3 Å². The lowest BCUT2D eigenvalue weighted by atomic mass is 9.74. The maximum absolute atomic E-state index is 12.3. The van der Waals surface area contributed by atoms with Crippen molar-refractivity contribution in [3.05, 3.63) is 35.1 Å². The molecule has 130 valence electrons. The van der Waals surface area contributed by atoms with Crippen LogP contribution >= 0.6 is 11.6 Å². The summed E-state index contributed by atoms with van der Waals surface area (Å²) in [6, 6.07) is 3.86. The topological polar surface area (TPSA) is 42.4 Å². The largest absolute Gasteiger partial charge is 0.444 e. The van der Waals surface area contributed by atoms with Crippen molar-refractivity contribution < 1.29 is 9.53 Å². The third kappa shape index (κ3) is 3.92. The Labute approximate surface area is 148 Å². The minimum absolute atomic E-state index is 0.187. The zero-order chi connectivity index (χ0) is 17.4. The molecule has 24 heavy (non-hydrogen) atoms. The number of aromatic nitrogens is 1. The van der Waals surface area contributed by atoms with Crippen molar-refractivity contribution in [3.63, 3.8) is 0 Å². The fourth-order valence-electron chi connectivity index (χ4n) is 3.53. The number of carbonyl (C=O) groups is 1. The summed E-state index contributed by atoms with van der Waals surface area (Å²) in [4.78, 5) is 18.6. The molecule has 1 aromatic heterocycles. The van der Waals surface area contributed by atoms with Crippen molar-refractivity contribution in [1.29, 1.82) is 0 Å². The number of halogens is 1. The van der Waals surface area contributed by atoms with Crippen LogP contribution in [0.2, 0.25) is 5.02 Å². The van der Waals surface area contributed by atoms with Gasteiger partial charge in [-0.25, -0.2) is 4.79 Å². The van der Waals surface area contributed by atoms with Gasteiger partial charge in [-0.1, -0.05) is 17.7 Å². The van der Waals surface area contributed by atoms with E-state index in [1.807, 2.05) is 37.8 Å². The Hall–Kier alpha value is -1.55. The minimum Gasteiger partial charge on any atom is -0.444 e. The second-order valence-electron chi connectivity index (χ2n) is 7.95. The number of carbonyl (C=O) groups excluding carboxylic acids is 1. The maximum Gasteiger partial charge on any atom is 0.410 e. The van der Waals surface area contributed by atoms with E-state index in [4.69, 9.17) is 16.3 Å². The van der Waals surface area contributed by atoms with Crippen LogP contribution in [0, 0.1) is 5.41 Å². The van der Waals surface area contributed by atoms with E-state index >= 15 is 0 Å². The number of pyridine rings is 1. The van der Waals surface area contributed by atoms with Crippen molar-refractivity contribution >= 4 is 23.3 Å². The predicted molar refractivity (Wildman–Crippen MR) is 95.9 cm³/mol. The van der Waals surface area contributed by atoms with E-state index in [0.717, 1.165) is 44.5 Å². The van der Waals surface area contributed by atoms with Gasteiger partial charge in [-0.15, -0.1) is 0 Å². The van der Waals surface area contributed by atoms with Crippen LogP contribution in [0.25, 0.3) is 5.57 Å². The molecule has 5 heteroatoms. The number of rotatable bonds is 1. The van der Waals surface area contributed by atoms with Gasteiger partial charge in [0.2, 0.25) is 0 Å². The van der Waals surface area contributed by atoms with E-state index in [0.29, 0.717) is 5.02 Å². The molecule has 1 aliphatic heterocycles. The van der Waals surface area contributed by atoms with Crippen molar-refractivity contribution in [2.45, 2.75) is 52.1 Å². The second-order valence-corrected chi connectivity index (χ2v) is 8.38. The van der Waals surface area contributed by atoms with Crippen LogP contribution in [0.15, 0.2) is 24.4 Å². The summed E-state index contributed by atoms with van der Waals surface area (Å²) >= 11 is 5.91. The molecule has 0 saturated carbocycles. The van der Waals surface area contributed by atoms with Crippen molar-refractivity contribution in [2.75, 3.05) is 13.1 Å². The lowest BCUT2D eigenvalue weighted by Crippen LogP contribution is -2.37. The Morgan fingerprint density at radius 2 is 2.12 bits per heavy atom. The Bertz CT molecular complexity index is 648. The van der Waals surface area contributed by atoms with Gasteiger partial charge in [-0.05, 0) is 69.6 Å². The van der Waals surface area contributed by atoms with Gasteiger partial charge in [0.25, 0.3) is 0 Å². The summed E-state index contributed by atoms with van der Waals surface area (Å²) in [5, 5.41) is 0.662. The number of nitrogens with zero attached hydrogens (tertiary/aromatic N) is 2. The monoisotopic (exact) mass is 348 g/mol. The van der Waals surface area contributed by atoms with Gasteiger partial charge >= 0.3 is 6.09 Å². The summed E-state index contributed by atoms with van der Waals surface area (Å²) in [6.07, 6.45) is 7.92. The molecular weight excluding hydrogens is 324 g/mol. The predicted octanol–water partition coefficient (Wildman–Crippen LogP) is 4.93. The van der Waals surface area contributed by atoms with Crippen LogP contribution in [0.4, 0.5) is 4.79 Å². The molecule has 1 fully saturated rings. The van der Waals surface area contributed by atoms with Crippen molar-refractivity contribution in [2.24, 2.45) is 5.41 Å². The third-order valence-corrected chi connectivity index (χ3v) is 5.08. The molecule has 1 spiro atoms. The zero-order valence-electron chi connectivity index (χ0n) is 14.6. The first-order valence-corrected chi connectivity index (χ1v) is 8.93. The molecule has 0 bridgehead atoms. The molecule has 1 aromatic rings. The number of amides is 1. The molecule has 1 unspecified atom stereocenters. The first-order chi connectivity index (χ1) is 11.3. The molecule has 1 aliphatic carbocycles. The number of hydrogen-bond donors (Lipinski definition) is 0. The van der Waals surface area contributed by atoms with Crippen LogP contribution in [0.5, 0.6) is 0 Å². The zero-order valence-corrected chi connectivity index (χ0v) is 15.4. The molecule has 1 saturated heterocycles. The lowest BCUT2D eigenvalue weighted by Gasteiger charge is -2.33. The highest BCUT2D eigenvalue weighted by Gasteiger charge is 2.41. The summed E-state index contributed by atoms with van der Waals surface area (Å²) < 4.78 is 5.51. The van der Waals surface area contributed by atoms with Crippen molar-refractivity contribution in [1.82, 2.24) is 9.88 Å². The molecule has 0 aromatic carbocycles. The summed E-state index contributed by atoms with van der Waals surface area (Å²) in [6.45, 7) is 7.31. The van der Waals surface area contributed by atoms with Crippen LogP contribution in [0.1, 0.15) is 52.1 Å². The molecule has 0 N–H and O–H groups in total. The number of hydrogen-bond acceptors (Lipinski definition) is 3. The molecule has 4 nitrogen and oxygen atoms in total. The maximum atomic E-state index is 12.3. The van der Waals surface area contributed by atoms with E-state index in [1.165, 1.54) is 5.57 Å². The highest BCUT2D eigenvalue weighted by molar-refractivity contribution is 6.30. The van der Waals surface area contributed by atoms with E-state index < -0.39 is 5.60 Å². The first kappa shape index (κ1) is 17.3. The van der Waals surface area contributed by atoms with Gasteiger partial charge in [0.1, 0.15) is 5.60 Å². The molecule has 1 amide bonds. The van der Waals surface area contributed by atoms with Crippen LogP contribution in [-0.2, 0) is 4.74 Å². The molecule has 3 rings (SSSR count). The van der Waals surface area contributed by atoms with E-state index in [9.17, 15) is 4.79 Å². The van der Waals surface area contributed by atoms with Crippen molar-refractivity contribution in [3.8, 4) is 0 Å². The Morgan fingerprint density at radius 3 is 2.71 bits per heavy atom. The summed E-state index contributed by atoms with van der Waals surface area (Å²) in [7, 11) is 0. The van der Waals surface area contributed by atoms with E-state index in [2.05, 4.69) is 11.1 Å². The van der Waals surface area contributed by atoms with Gasteiger partial charge in [-0.2, -0.15) is 0 Å². The fraction of sp³-hybridized carbons (Fsp3) is 0.579. The average molecular weight is 349 g/mol. The number of allylic oxidation sites excluding steroid dienone is 2. The third-order valence-electron chi connectivity index (χ3n) is 4.85. The molecule has 1 atom stereocenters. The average Bonchev–Trinajstić information content (AvgIpc) is 2.92. The number of ether oxygens (including phenoxy) is 1. The molecule has 2 heterocycles. The normalized spacial score (nSPS) is 24.2.